The number of rotatable bonds is 6. The van der Waals surface area contributed by atoms with E-state index in [1.807, 2.05) is 0 Å². The lowest BCUT2D eigenvalue weighted by atomic mass is 9.72. The third kappa shape index (κ3) is 4.57. The zero-order valence-corrected chi connectivity index (χ0v) is 11.9. The van der Waals surface area contributed by atoms with Crippen molar-refractivity contribution < 1.29 is 5.11 Å². The van der Waals surface area contributed by atoms with Gasteiger partial charge in [-0.25, -0.2) is 0 Å². The van der Waals surface area contributed by atoms with Gasteiger partial charge in [0.1, 0.15) is 0 Å². The Labute approximate surface area is 107 Å². The van der Waals surface area contributed by atoms with E-state index in [0.717, 1.165) is 37.4 Å². The van der Waals surface area contributed by atoms with E-state index in [9.17, 15) is 0 Å². The second-order valence-corrected chi connectivity index (χ2v) is 5.87. The normalized spacial score (nSPS) is 34.2. The average Bonchev–Trinajstić information content (AvgIpc) is 2.24. The molecule has 4 atom stereocenters. The van der Waals surface area contributed by atoms with Crippen LogP contribution in [-0.4, -0.2) is 49.3 Å². The van der Waals surface area contributed by atoms with Gasteiger partial charge in [-0.3, -0.25) is 0 Å². The van der Waals surface area contributed by atoms with Crippen molar-refractivity contribution in [1.29, 1.82) is 0 Å². The van der Waals surface area contributed by atoms with E-state index in [0.29, 0.717) is 6.04 Å². The van der Waals surface area contributed by atoms with Gasteiger partial charge in [0.2, 0.25) is 0 Å². The molecule has 1 rings (SSSR count). The number of likely N-dealkylation sites (N-methyl/N-ethyl adjacent to an activating group) is 1. The number of aliphatic hydroxyl groups excluding tert-OH is 1. The Morgan fingerprint density at radius 2 is 2.00 bits per heavy atom. The summed E-state index contributed by atoms with van der Waals surface area (Å²) in [5, 5.41) is 12.6. The number of nitrogens with zero attached hydrogens (tertiary/aromatic N) is 1. The topological polar surface area (TPSA) is 35.5 Å². The zero-order valence-electron chi connectivity index (χ0n) is 11.9. The van der Waals surface area contributed by atoms with Gasteiger partial charge in [0.25, 0.3) is 0 Å². The molecule has 3 nitrogen and oxygen atoms in total. The van der Waals surface area contributed by atoms with Crippen LogP contribution in [0.3, 0.4) is 0 Å². The van der Waals surface area contributed by atoms with E-state index in [1.54, 1.807) is 0 Å². The Morgan fingerprint density at radius 1 is 1.29 bits per heavy atom. The lowest BCUT2D eigenvalue weighted by Crippen LogP contribution is -2.48. The summed E-state index contributed by atoms with van der Waals surface area (Å²) in [5.41, 5.74) is 0. The van der Waals surface area contributed by atoms with Crippen LogP contribution >= 0.6 is 0 Å². The molecule has 1 fully saturated rings. The number of nitrogens with one attached hydrogen (secondary N) is 1. The minimum Gasteiger partial charge on any atom is -0.395 e. The van der Waals surface area contributed by atoms with Crippen LogP contribution in [-0.2, 0) is 0 Å². The molecule has 0 saturated heterocycles. The second kappa shape index (κ2) is 7.34. The zero-order chi connectivity index (χ0) is 12.8. The summed E-state index contributed by atoms with van der Waals surface area (Å²) >= 11 is 0. The molecule has 1 saturated carbocycles. The van der Waals surface area contributed by atoms with Crippen molar-refractivity contribution in [3.05, 3.63) is 0 Å². The number of aliphatic hydroxyl groups is 1. The van der Waals surface area contributed by atoms with Crippen LogP contribution in [0.2, 0.25) is 0 Å². The summed E-state index contributed by atoms with van der Waals surface area (Å²) in [6.07, 6.45) is 2.65. The fourth-order valence-corrected chi connectivity index (χ4v) is 3.34. The quantitative estimate of drug-likeness (QED) is 0.742. The van der Waals surface area contributed by atoms with Crippen molar-refractivity contribution in [2.75, 3.05) is 33.3 Å². The van der Waals surface area contributed by atoms with Crippen molar-refractivity contribution >= 4 is 0 Å². The van der Waals surface area contributed by atoms with Gasteiger partial charge in [-0.1, -0.05) is 20.8 Å². The van der Waals surface area contributed by atoms with Gasteiger partial charge in [-0.2, -0.15) is 0 Å². The predicted octanol–water partition coefficient (Wildman–Crippen LogP) is 1.57. The summed E-state index contributed by atoms with van der Waals surface area (Å²) in [4.78, 5) is 2.27. The fraction of sp³-hybridized carbons (Fsp3) is 1.00. The third-order valence-corrected chi connectivity index (χ3v) is 4.15. The Bertz CT molecular complexity index is 210. The molecule has 17 heavy (non-hydrogen) atoms. The van der Waals surface area contributed by atoms with E-state index in [1.165, 1.54) is 12.8 Å². The standard InChI is InChI=1S/C14H30N2O/c1-5-15-14-9-11(2)8-12(3)13(14)10-16(4)6-7-17/h11-15,17H,5-10H2,1-4H3. The maximum absolute atomic E-state index is 8.99. The first-order valence-corrected chi connectivity index (χ1v) is 7.11. The fourth-order valence-electron chi connectivity index (χ4n) is 3.34. The predicted molar refractivity (Wildman–Crippen MR) is 73.1 cm³/mol. The van der Waals surface area contributed by atoms with E-state index in [-0.39, 0.29) is 6.61 Å². The van der Waals surface area contributed by atoms with Crippen molar-refractivity contribution in [3.8, 4) is 0 Å². The molecule has 0 heterocycles. The van der Waals surface area contributed by atoms with Crippen molar-refractivity contribution in [1.82, 2.24) is 10.2 Å². The van der Waals surface area contributed by atoms with E-state index in [4.69, 9.17) is 5.11 Å². The summed E-state index contributed by atoms with van der Waals surface area (Å²) in [6.45, 7) is 10.2. The van der Waals surface area contributed by atoms with Gasteiger partial charge in [0.15, 0.2) is 0 Å². The smallest absolute Gasteiger partial charge is 0.0558 e. The average molecular weight is 242 g/mol. The highest BCUT2D eigenvalue weighted by atomic mass is 16.3. The van der Waals surface area contributed by atoms with E-state index >= 15 is 0 Å². The molecule has 3 heteroatoms. The first-order valence-electron chi connectivity index (χ1n) is 7.11. The lowest BCUT2D eigenvalue weighted by Gasteiger charge is -2.41. The minimum atomic E-state index is 0.264. The van der Waals surface area contributed by atoms with Crippen LogP contribution in [0.5, 0.6) is 0 Å². The molecule has 0 aromatic heterocycles. The van der Waals surface area contributed by atoms with E-state index < -0.39 is 0 Å². The molecule has 2 N–H and O–H groups in total. The molecule has 0 amide bonds. The Kier molecular flexibility index (Phi) is 6.45. The molecule has 0 aliphatic heterocycles. The highest BCUT2D eigenvalue weighted by Gasteiger charge is 2.33. The third-order valence-electron chi connectivity index (χ3n) is 4.15. The highest BCUT2D eigenvalue weighted by molar-refractivity contribution is 4.88. The summed E-state index contributed by atoms with van der Waals surface area (Å²) in [5.74, 6) is 2.35. The van der Waals surface area contributed by atoms with Gasteiger partial charge >= 0.3 is 0 Å². The van der Waals surface area contributed by atoms with Crippen LogP contribution in [0, 0.1) is 17.8 Å². The first-order chi connectivity index (χ1) is 8.08. The number of hydrogen-bond acceptors (Lipinski definition) is 3. The van der Waals surface area contributed by atoms with Crippen LogP contribution in [0.15, 0.2) is 0 Å². The van der Waals surface area contributed by atoms with Crippen molar-refractivity contribution in [2.24, 2.45) is 17.8 Å². The molecule has 0 radical (unpaired) electrons. The summed E-state index contributed by atoms with van der Waals surface area (Å²) in [7, 11) is 2.12. The van der Waals surface area contributed by atoms with Gasteiger partial charge in [0, 0.05) is 19.1 Å². The largest absolute Gasteiger partial charge is 0.395 e. The number of hydrogen-bond donors (Lipinski definition) is 2. The van der Waals surface area contributed by atoms with Gasteiger partial charge in [-0.15, -0.1) is 0 Å². The SMILES string of the molecule is CCNC1CC(C)CC(C)C1CN(C)CCO. The highest BCUT2D eigenvalue weighted by Crippen LogP contribution is 2.34. The molecule has 1 aliphatic carbocycles. The molecular formula is C14H30N2O. The van der Waals surface area contributed by atoms with Gasteiger partial charge in [-0.05, 0) is 44.2 Å². The monoisotopic (exact) mass is 242 g/mol. The summed E-state index contributed by atoms with van der Waals surface area (Å²) in [6, 6.07) is 0.653. The van der Waals surface area contributed by atoms with Gasteiger partial charge < -0.3 is 15.3 Å². The van der Waals surface area contributed by atoms with Gasteiger partial charge in [0.05, 0.1) is 6.61 Å². The lowest BCUT2D eigenvalue weighted by molar-refractivity contribution is 0.104. The molecular weight excluding hydrogens is 212 g/mol. The molecule has 0 aromatic rings. The molecule has 102 valence electrons. The minimum absolute atomic E-state index is 0.264. The Morgan fingerprint density at radius 3 is 2.59 bits per heavy atom. The summed E-state index contributed by atoms with van der Waals surface area (Å²) < 4.78 is 0. The van der Waals surface area contributed by atoms with Crippen molar-refractivity contribution in [3.63, 3.8) is 0 Å². The van der Waals surface area contributed by atoms with Crippen LogP contribution in [0.25, 0.3) is 0 Å². The van der Waals surface area contributed by atoms with E-state index in [2.05, 4.69) is 38.0 Å². The maximum atomic E-state index is 8.99. The first kappa shape index (κ1) is 14.9. The van der Waals surface area contributed by atoms with Crippen LogP contribution in [0.4, 0.5) is 0 Å². The van der Waals surface area contributed by atoms with Crippen LogP contribution in [0.1, 0.15) is 33.6 Å². The second-order valence-electron chi connectivity index (χ2n) is 5.87. The molecule has 0 spiro atoms. The molecule has 0 aromatic carbocycles. The molecule has 4 unspecified atom stereocenters. The Hall–Kier alpha value is -0.120. The molecule has 0 bridgehead atoms. The molecule has 1 aliphatic rings. The van der Waals surface area contributed by atoms with Crippen molar-refractivity contribution in [2.45, 2.75) is 39.7 Å². The van der Waals surface area contributed by atoms with Crippen LogP contribution < -0.4 is 5.32 Å². The Balaban J connectivity index is 2.56. The maximum Gasteiger partial charge on any atom is 0.0558 e.